The maximum absolute atomic E-state index is 11.4. The first-order chi connectivity index (χ1) is 6.52. The Bertz CT molecular complexity index is 325. The predicted molar refractivity (Wildman–Crippen MR) is 49.4 cm³/mol. The lowest BCUT2D eigenvalue weighted by atomic mass is 9.95. The molecule has 76 valence electrons. The van der Waals surface area contributed by atoms with Crippen LogP contribution in [0, 0.1) is 0 Å². The van der Waals surface area contributed by atoms with E-state index >= 15 is 0 Å². The van der Waals surface area contributed by atoms with Gasteiger partial charge in [0, 0.05) is 19.8 Å². The summed E-state index contributed by atoms with van der Waals surface area (Å²) in [6.45, 7) is 4.66. The van der Waals surface area contributed by atoms with Gasteiger partial charge in [0.2, 0.25) is 0 Å². The van der Waals surface area contributed by atoms with Crippen molar-refractivity contribution in [2.45, 2.75) is 26.2 Å². The van der Waals surface area contributed by atoms with E-state index < -0.39 is 5.97 Å². The van der Waals surface area contributed by atoms with Crippen molar-refractivity contribution in [3.8, 4) is 0 Å². The number of allylic oxidation sites excluding steroid dienone is 2. The molecule has 0 fully saturated rings. The highest BCUT2D eigenvalue weighted by Crippen LogP contribution is 2.25. The lowest BCUT2D eigenvalue weighted by molar-refractivity contribution is -0.136. The molecule has 0 saturated heterocycles. The van der Waals surface area contributed by atoms with E-state index in [0.717, 1.165) is 0 Å². The summed E-state index contributed by atoms with van der Waals surface area (Å²) < 4.78 is 4.66. The standard InChI is InChI=1S/C10H12O4/c1-6(14-7(2)11)10-8(12)4-3-5-9(10)13/h12H,1,3-5H2,2H3. The number of carbonyl (C=O) groups is 2. The molecule has 0 aromatic carbocycles. The predicted octanol–water partition coefficient (Wildman–Crippen LogP) is 1.63. The van der Waals surface area contributed by atoms with Crippen molar-refractivity contribution in [3.63, 3.8) is 0 Å². The molecule has 4 heteroatoms. The first-order valence-electron chi connectivity index (χ1n) is 4.35. The number of esters is 1. The molecule has 1 N–H and O–H groups in total. The van der Waals surface area contributed by atoms with Gasteiger partial charge in [0.1, 0.15) is 11.5 Å². The molecule has 0 saturated carbocycles. The molecule has 0 aliphatic heterocycles. The van der Waals surface area contributed by atoms with Crippen molar-refractivity contribution in [1.29, 1.82) is 0 Å². The fourth-order valence-corrected chi connectivity index (χ4v) is 1.37. The van der Waals surface area contributed by atoms with Crippen LogP contribution in [0.2, 0.25) is 0 Å². The fourth-order valence-electron chi connectivity index (χ4n) is 1.37. The van der Waals surface area contributed by atoms with E-state index in [4.69, 9.17) is 0 Å². The van der Waals surface area contributed by atoms with Crippen molar-refractivity contribution in [3.05, 3.63) is 23.7 Å². The molecule has 0 aromatic heterocycles. The molecular weight excluding hydrogens is 184 g/mol. The van der Waals surface area contributed by atoms with Gasteiger partial charge < -0.3 is 9.84 Å². The number of hydrogen-bond acceptors (Lipinski definition) is 4. The summed E-state index contributed by atoms with van der Waals surface area (Å²) in [5, 5.41) is 9.43. The largest absolute Gasteiger partial charge is 0.511 e. The van der Waals surface area contributed by atoms with Gasteiger partial charge in [0.05, 0.1) is 5.57 Å². The third-order valence-electron chi connectivity index (χ3n) is 1.93. The normalized spacial score (nSPS) is 16.8. The Hall–Kier alpha value is -1.58. The van der Waals surface area contributed by atoms with Gasteiger partial charge in [-0.1, -0.05) is 6.58 Å². The summed E-state index contributed by atoms with van der Waals surface area (Å²) >= 11 is 0. The van der Waals surface area contributed by atoms with Gasteiger partial charge in [0.15, 0.2) is 5.78 Å². The number of aliphatic hydroxyl groups excluding tert-OH is 1. The van der Waals surface area contributed by atoms with Crippen LogP contribution in [0.25, 0.3) is 0 Å². The molecule has 1 aliphatic carbocycles. The molecule has 0 radical (unpaired) electrons. The summed E-state index contributed by atoms with van der Waals surface area (Å²) in [5.74, 6) is -0.860. The third kappa shape index (κ3) is 2.22. The maximum atomic E-state index is 11.4. The number of carbonyl (C=O) groups excluding carboxylic acids is 2. The average molecular weight is 196 g/mol. The molecule has 4 nitrogen and oxygen atoms in total. The minimum atomic E-state index is -0.548. The molecule has 0 bridgehead atoms. The second-order valence-electron chi connectivity index (χ2n) is 3.12. The molecule has 0 amide bonds. The monoisotopic (exact) mass is 196 g/mol. The van der Waals surface area contributed by atoms with Crippen LogP contribution < -0.4 is 0 Å². The smallest absolute Gasteiger partial charge is 0.308 e. The van der Waals surface area contributed by atoms with Gasteiger partial charge in [-0.15, -0.1) is 0 Å². The Morgan fingerprint density at radius 2 is 2.14 bits per heavy atom. The van der Waals surface area contributed by atoms with Crippen molar-refractivity contribution in [2.24, 2.45) is 0 Å². The van der Waals surface area contributed by atoms with Gasteiger partial charge in [-0.3, -0.25) is 9.59 Å². The molecule has 0 heterocycles. The fraction of sp³-hybridized carbons (Fsp3) is 0.400. The Labute approximate surface area is 81.9 Å². The molecular formula is C10H12O4. The van der Waals surface area contributed by atoms with Crippen molar-refractivity contribution < 1.29 is 19.4 Å². The molecule has 0 spiro atoms. The van der Waals surface area contributed by atoms with Gasteiger partial charge >= 0.3 is 5.97 Å². The van der Waals surface area contributed by atoms with E-state index in [9.17, 15) is 14.7 Å². The van der Waals surface area contributed by atoms with E-state index in [0.29, 0.717) is 19.3 Å². The lowest BCUT2D eigenvalue weighted by Crippen LogP contribution is -2.15. The second-order valence-corrected chi connectivity index (χ2v) is 3.12. The number of Topliss-reactive ketones (excluding diaryl/α,β-unsaturated/α-hetero) is 1. The minimum absolute atomic E-state index is 0.0347. The highest BCUT2D eigenvalue weighted by molar-refractivity contribution is 6.00. The van der Waals surface area contributed by atoms with E-state index in [2.05, 4.69) is 11.3 Å². The summed E-state index contributed by atoms with van der Waals surface area (Å²) in [5.41, 5.74) is 0.0615. The molecule has 1 rings (SSSR count). The summed E-state index contributed by atoms with van der Waals surface area (Å²) in [7, 11) is 0. The van der Waals surface area contributed by atoms with Gasteiger partial charge in [-0.2, -0.15) is 0 Å². The first-order valence-corrected chi connectivity index (χ1v) is 4.35. The van der Waals surface area contributed by atoms with E-state index in [1.807, 2.05) is 0 Å². The van der Waals surface area contributed by atoms with E-state index in [1.165, 1.54) is 6.92 Å². The molecule has 0 unspecified atom stereocenters. The van der Waals surface area contributed by atoms with Gasteiger partial charge in [-0.25, -0.2) is 0 Å². The highest BCUT2D eigenvalue weighted by atomic mass is 16.5. The number of hydrogen-bond donors (Lipinski definition) is 1. The van der Waals surface area contributed by atoms with Crippen LogP contribution in [-0.4, -0.2) is 16.9 Å². The maximum Gasteiger partial charge on any atom is 0.308 e. The zero-order valence-corrected chi connectivity index (χ0v) is 8.00. The lowest BCUT2D eigenvalue weighted by Gasteiger charge is -2.15. The van der Waals surface area contributed by atoms with Gasteiger partial charge in [-0.05, 0) is 6.42 Å². The zero-order chi connectivity index (χ0) is 10.7. The number of rotatable bonds is 2. The van der Waals surface area contributed by atoms with Crippen LogP contribution in [0.5, 0.6) is 0 Å². The van der Waals surface area contributed by atoms with Crippen LogP contribution in [-0.2, 0) is 14.3 Å². The first kappa shape index (κ1) is 10.5. The average Bonchev–Trinajstić information content (AvgIpc) is 2.01. The molecule has 1 aliphatic rings. The summed E-state index contributed by atoms with van der Waals surface area (Å²) in [4.78, 5) is 22.0. The SMILES string of the molecule is C=C(OC(C)=O)C1=C(O)CCCC1=O. The summed E-state index contributed by atoms with van der Waals surface area (Å²) in [6, 6.07) is 0. The van der Waals surface area contributed by atoms with Crippen molar-refractivity contribution in [1.82, 2.24) is 0 Å². The van der Waals surface area contributed by atoms with E-state index in [-0.39, 0.29) is 22.9 Å². The Morgan fingerprint density at radius 1 is 1.50 bits per heavy atom. The Morgan fingerprint density at radius 3 is 2.64 bits per heavy atom. The van der Waals surface area contributed by atoms with Crippen LogP contribution in [0.4, 0.5) is 0 Å². The minimum Gasteiger partial charge on any atom is -0.511 e. The van der Waals surface area contributed by atoms with Crippen LogP contribution in [0.3, 0.4) is 0 Å². The Balaban J connectivity index is 2.88. The highest BCUT2D eigenvalue weighted by Gasteiger charge is 2.24. The van der Waals surface area contributed by atoms with Crippen LogP contribution in [0.1, 0.15) is 26.2 Å². The Kier molecular flexibility index (Phi) is 3.06. The molecule has 0 atom stereocenters. The van der Waals surface area contributed by atoms with Crippen molar-refractivity contribution >= 4 is 11.8 Å². The third-order valence-corrected chi connectivity index (χ3v) is 1.93. The van der Waals surface area contributed by atoms with Crippen molar-refractivity contribution in [2.75, 3.05) is 0 Å². The molecule has 0 aromatic rings. The number of aliphatic hydroxyl groups is 1. The topological polar surface area (TPSA) is 63.6 Å². The van der Waals surface area contributed by atoms with E-state index in [1.54, 1.807) is 0 Å². The zero-order valence-electron chi connectivity index (χ0n) is 8.00. The quantitative estimate of drug-likeness (QED) is 0.538. The second kappa shape index (κ2) is 4.09. The molecule has 14 heavy (non-hydrogen) atoms. The number of ketones is 1. The van der Waals surface area contributed by atoms with Gasteiger partial charge in [0.25, 0.3) is 0 Å². The number of ether oxygens (including phenoxy) is 1. The van der Waals surface area contributed by atoms with Crippen LogP contribution >= 0.6 is 0 Å². The van der Waals surface area contributed by atoms with Crippen LogP contribution in [0.15, 0.2) is 23.7 Å². The summed E-state index contributed by atoms with van der Waals surface area (Å²) in [6.07, 6.45) is 1.42.